The second kappa shape index (κ2) is 8.56. The van der Waals surface area contributed by atoms with Crippen LogP contribution in [0.3, 0.4) is 0 Å². The number of fused-ring (bicyclic) bond motifs is 1. The molecule has 1 aliphatic rings. The highest BCUT2D eigenvalue weighted by Crippen LogP contribution is 2.38. The summed E-state index contributed by atoms with van der Waals surface area (Å²) in [7, 11) is 0. The van der Waals surface area contributed by atoms with Crippen LogP contribution in [0.2, 0.25) is 0 Å². The van der Waals surface area contributed by atoms with Gasteiger partial charge in [-0.3, -0.25) is 14.3 Å². The first-order valence-electron chi connectivity index (χ1n) is 10.9. The van der Waals surface area contributed by atoms with E-state index in [1.54, 1.807) is 31.3 Å². The fourth-order valence-electron chi connectivity index (χ4n) is 4.26. The molecule has 0 unspecified atom stereocenters. The lowest BCUT2D eigenvalue weighted by Gasteiger charge is -2.24. The highest BCUT2D eigenvalue weighted by molar-refractivity contribution is 5.95. The van der Waals surface area contributed by atoms with E-state index in [2.05, 4.69) is 30.6 Å². The smallest absolute Gasteiger partial charge is 0.356 e. The first kappa shape index (κ1) is 22.1. The van der Waals surface area contributed by atoms with Crippen molar-refractivity contribution >= 4 is 16.9 Å². The van der Waals surface area contributed by atoms with Gasteiger partial charge in [0.1, 0.15) is 11.1 Å². The number of aromatic nitrogens is 5. The molecule has 3 N–H and O–H groups in total. The third kappa shape index (κ3) is 4.03. The van der Waals surface area contributed by atoms with Crippen LogP contribution < -0.4 is 16.2 Å². The molecule has 0 aromatic carbocycles. The molecule has 0 bridgehead atoms. The minimum absolute atomic E-state index is 0.0243. The second-order valence-electron chi connectivity index (χ2n) is 8.23. The van der Waals surface area contributed by atoms with Gasteiger partial charge in [0, 0.05) is 48.3 Å². The van der Waals surface area contributed by atoms with Crippen LogP contribution in [0.25, 0.3) is 27.8 Å². The van der Waals surface area contributed by atoms with Crippen molar-refractivity contribution < 1.29 is 13.2 Å². The number of halogens is 3. The molecule has 0 aliphatic carbocycles. The van der Waals surface area contributed by atoms with Crippen molar-refractivity contribution in [1.82, 2.24) is 29.8 Å². The van der Waals surface area contributed by atoms with E-state index in [-0.39, 0.29) is 28.8 Å². The van der Waals surface area contributed by atoms with Crippen molar-refractivity contribution in [2.45, 2.75) is 32.0 Å². The normalized spacial score (nSPS) is 16.6. The molecule has 1 atom stereocenters. The number of alkyl halides is 3. The summed E-state index contributed by atoms with van der Waals surface area (Å²) in [5.41, 5.74) is -0.0352. The zero-order chi connectivity index (χ0) is 23.9. The summed E-state index contributed by atoms with van der Waals surface area (Å²) in [5.74, 6) is 0.116. The van der Waals surface area contributed by atoms with E-state index in [4.69, 9.17) is 0 Å². The van der Waals surface area contributed by atoms with Crippen LogP contribution in [0.15, 0.2) is 47.8 Å². The fourth-order valence-corrected chi connectivity index (χ4v) is 4.26. The number of H-pyrrole nitrogens is 1. The van der Waals surface area contributed by atoms with Crippen LogP contribution in [0, 0.1) is 6.92 Å². The predicted molar refractivity (Wildman–Crippen MR) is 122 cm³/mol. The Labute approximate surface area is 192 Å². The average molecular weight is 469 g/mol. The summed E-state index contributed by atoms with van der Waals surface area (Å²) in [6.45, 7) is 3.36. The number of nitrogens with one attached hydrogen (secondary N) is 3. The minimum atomic E-state index is -4.66. The molecule has 4 aromatic heterocycles. The highest BCUT2D eigenvalue weighted by atomic mass is 19.4. The molecule has 0 radical (unpaired) electrons. The number of piperidine rings is 1. The molecular weight excluding hydrogens is 447 g/mol. The third-order valence-corrected chi connectivity index (χ3v) is 5.96. The van der Waals surface area contributed by atoms with Crippen LogP contribution in [0.4, 0.5) is 19.1 Å². The van der Waals surface area contributed by atoms with Gasteiger partial charge in [-0.15, -0.1) is 0 Å². The van der Waals surface area contributed by atoms with Gasteiger partial charge in [-0.05, 0) is 44.5 Å². The number of anilines is 1. The quantitative estimate of drug-likeness (QED) is 0.422. The van der Waals surface area contributed by atoms with Gasteiger partial charge in [0.05, 0.1) is 17.1 Å². The maximum atomic E-state index is 13.8. The Bertz CT molecular complexity index is 1400. The first-order chi connectivity index (χ1) is 16.3. The fraction of sp³-hybridized carbons (Fsp3) is 0.304. The van der Waals surface area contributed by atoms with Gasteiger partial charge >= 0.3 is 6.18 Å². The monoisotopic (exact) mass is 469 g/mol. The van der Waals surface area contributed by atoms with E-state index in [0.717, 1.165) is 25.6 Å². The number of rotatable bonds is 4. The van der Waals surface area contributed by atoms with Crippen LogP contribution in [0.5, 0.6) is 0 Å². The van der Waals surface area contributed by atoms with Crippen LogP contribution in [-0.4, -0.2) is 43.6 Å². The molecule has 0 spiro atoms. The molecule has 0 saturated carbocycles. The van der Waals surface area contributed by atoms with Gasteiger partial charge in [0.25, 0.3) is 5.56 Å². The van der Waals surface area contributed by atoms with Gasteiger partial charge in [0.2, 0.25) is 5.95 Å². The van der Waals surface area contributed by atoms with Crippen molar-refractivity contribution in [2.24, 2.45) is 0 Å². The number of hydrogen-bond acceptors (Lipinski definition) is 6. The third-order valence-electron chi connectivity index (χ3n) is 5.96. The Hall–Kier alpha value is -3.73. The average Bonchev–Trinajstić information content (AvgIpc) is 3.25. The first-order valence-corrected chi connectivity index (χ1v) is 10.9. The summed E-state index contributed by atoms with van der Waals surface area (Å²) in [6.07, 6.45) is 2.50. The van der Waals surface area contributed by atoms with Crippen molar-refractivity contribution in [3.8, 4) is 16.9 Å². The molecule has 1 aliphatic heterocycles. The maximum absolute atomic E-state index is 13.8. The lowest BCUT2D eigenvalue weighted by atomic mass is 10.1. The van der Waals surface area contributed by atoms with Crippen LogP contribution >= 0.6 is 0 Å². The zero-order valence-corrected chi connectivity index (χ0v) is 18.3. The largest absolute Gasteiger partial charge is 0.419 e. The van der Waals surface area contributed by atoms with Crippen molar-refractivity contribution in [3.05, 3.63) is 64.6 Å². The SMILES string of the molecule is Cc1ncccc1-n1ccc2c(-c3nc(N[C@H]4CCCNC4)ncc3C(F)(F)F)c[nH]c2c1=O. The summed E-state index contributed by atoms with van der Waals surface area (Å²) >= 11 is 0. The molecule has 5 rings (SSSR count). The predicted octanol–water partition coefficient (Wildman–Crippen LogP) is 3.66. The van der Waals surface area contributed by atoms with Gasteiger partial charge < -0.3 is 15.6 Å². The Morgan fingerprint density at radius 3 is 2.82 bits per heavy atom. The second-order valence-corrected chi connectivity index (χ2v) is 8.23. The van der Waals surface area contributed by atoms with Crippen molar-refractivity contribution in [3.63, 3.8) is 0 Å². The van der Waals surface area contributed by atoms with E-state index >= 15 is 0 Å². The Morgan fingerprint density at radius 1 is 1.24 bits per heavy atom. The summed E-state index contributed by atoms with van der Waals surface area (Å²) in [4.78, 5) is 28.4. The molecule has 34 heavy (non-hydrogen) atoms. The number of nitrogens with zero attached hydrogens (tertiary/aromatic N) is 4. The Balaban J connectivity index is 1.62. The lowest BCUT2D eigenvalue weighted by Crippen LogP contribution is -2.38. The van der Waals surface area contributed by atoms with Gasteiger partial charge in [-0.2, -0.15) is 13.2 Å². The van der Waals surface area contributed by atoms with E-state index < -0.39 is 17.3 Å². The van der Waals surface area contributed by atoms with E-state index in [1.165, 1.54) is 17.0 Å². The molecule has 4 aromatic rings. The molecular formula is C23H22F3N7O. The minimum Gasteiger partial charge on any atom is -0.356 e. The Kier molecular flexibility index (Phi) is 5.56. The van der Waals surface area contributed by atoms with Gasteiger partial charge in [-0.25, -0.2) is 9.97 Å². The number of aromatic amines is 1. The van der Waals surface area contributed by atoms with Gasteiger partial charge in [0.15, 0.2) is 0 Å². The van der Waals surface area contributed by atoms with Gasteiger partial charge in [-0.1, -0.05) is 0 Å². The number of aryl methyl sites for hydroxylation is 1. The summed E-state index contributed by atoms with van der Waals surface area (Å²) in [6, 6.07) is 5.10. The molecule has 176 valence electrons. The lowest BCUT2D eigenvalue weighted by molar-refractivity contribution is -0.137. The molecule has 1 saturated heterocycles. The number of hydrogen-bond donors (Lipinski definition) is 3. The summed E-state index contributed by atoms with van der Waals surface area (Å²) < 4.78 is 43.0. The molecule has 1 fully saturated rings. The Morgan fingerprint density at radius 2 is 2.09 bits per heavy atom. The van der Waals surface area contributed by atoms with E-state index in [1.807, 2.05) is 0 Å². The highest BCUT2D eigenvalue weighted by Gasteiger charge is 2.36. The van der Waals surface area contributed by atoms with E-state index in [9.17, 15) is 18.0 Å². The standard InChI is InChI=1S/C23H22F3N7O/c1-13-18(5-3-8-28-13)33-9-6-15-16(11-29-20(15)21(33)34)19-17(23(24,25)26)12-30-22(32-19)31-14-4-2-7-27-10-14/h3,5-6,8-9,11-12,14,27,29H,2,4,7,10H2,1H3,(H,30,31,32)/t14-/m0/s1. The van der Waals surface area contributed by atoms with Crippen LogP contribution in [0.1, 0.15) is 24.1 Å². The maximum Gasteiger partial charge on any atom is 0.419 e. The van der Waals surface area contributed by atoms with Crippen LogP contribution in [-0.2, 0) is 6.18 Å². The molecule has 0 amide bonds. The number of pyridine rings is 2. The molecule has 5 heterocycles. The summed E-state index contributed by atoms with van der Waals surface area (Å²) in [5, 5.41) is 6.71. The van der Waals surface area contributed by atoms with Crippen molar-refractivity contribution in [2.75, 3.05) is 18.4 Å². The zero-order valence-electron chi connectivity index (χ0n) is 18.3. The van der Waals surface area contributed by atoms with E-state index in [0.29, 0.717) is 23.3 Å². The molecule has 11 heteroatoms. The molecule has 8 nitrogen and oxygen atoms in total. The van der Waals surface area contributed by atoms with Crippen molar-refractivity contribution in [1.29, 1.82) is 0 Å². The topological polar surface area (TPSA) is 101 Å².